The van der Waals surface area contributed by atoms with Gasteiger partial charge in [0, 0.05) is 0 Å². The number of aromatic nitrogens is 1. The van der Waals surface area contributed by atoms with Gasteiger partial charge in [-0.15, -0.1) is 0 Å². The van der Waals surface area contributed by atoms with Crippen molar-refractivity contribution in [2.24, 2.45) is 0 Å². The van der Waals surface area contributed by atoms with Gasteiger partial charge in [0.05, 0.1) is 30.4 Å². The van der Waals surface area contributed by atoms with E-state index in [9.17, 15) is 9.59 Å². The fraction of sp³-hybridized carbons (Fsp3) is 0.261. The normalized spacial score (nSPS) is 10.5. The van der Waals surface area contributed by atoms with E-state index >= 15 is 0 Å². The summed E-state index contributed by atoms with van der Waals surface area (Å²) < 4.78 is 21.1. The summed E-state index contributed by atoms with van der Waals surface area (Å²) in [6.45, 7) is 3.72. The Balaban J connectivity index is 1.49. The predicted octanol–water partition coefficient (Wildman–Crippen LogP) is 3.85. The number of Topliss-reactive ketones (excluding diaryl/α,β-unsaturated/α-hetero) is 1. The molecule has 2 aromatic carbocycles. The molecule has 0 atom stereocenters. The molecule has 0 aliphatic rings. The fourth-order valence-corrected chi connectivity index (χ4v) is 2.88. The predicted molar refractivity (Wildman–Crippen MR) is 109 cm³/mol. The van der Waals surface area contributed by atoms with E-state index in [1.807, 2.05) is 13.8 Å². The van der Waals surface area contributed by atoms with Crippen molar-refractivity contribution in [1.82, 2.24) is 5.16 Å². The molecular weight excluding hydrogens is 386 g/mol. The van der Waals surface area contributed by atoms with Gasteiger partial charge in [-0.25, -0.2) is 0 Å². The topological polar surface area (TPSA) is 87.9 Å². The summed E-state index contributed by atoms with van der Waals surface area (Å²) in [7, 11) is 1.49. The first-order valence-electron chi connectivity index (χ1n) is 9.43. The molecule has 0 saturated carbocycles. The van der Waals surface area contributed by atoms with Crippen LogP contribution in [0, 0.1) is 13.8 Å². The van der Waals surface area contributed by atoms with Crippen LogP contribution in [0.3, 0.4) is 0 Å². The molecule has 30 heavy (non-hydrogen) atoms. The monoisotopic (exact) mass is 409 g/mol. The van der Waals surface area contributed by atoms with Crippen molar-refractivity contribution in [2.75, 3.05) is 13.7 Å². The largest absolute Gasteiger partial charge is 0.496 e. The minimum absolute atomic E-state index is 0.0589. The Morgan fingerprint density at radius 2 is 1.77 bits per heavy atom. The number of nitrogens with zero attached hydrogens (tertiary/aromatic N) is 1. The summed E-state index contributed by atoms with van der Waals surface area (Å²) in [4.78, 5) is 24.3. The van der Waals surface area contributed by atoms with Crippen LogP contribution in [-0.4, -0.2) is 30.6 Å². The van der Waals surface area contributed by atoms with E-state index in [0.717, 1.165) is 22.6 Å². The molecule has 3 rings (SSSR count). The minimum Gasteiger partial charge on any atom is -0.496 e. The summed E-state index contributed by atoms with van der Waals surface area (Å²) in [6, 6.07) is 13.9. The lowest BCUT2D eigenvalue weighted by atomic mass is 10.1. The van der Waals surface area contributed by atoms with Crippen molar-refractivity contribution in [3.8, 4) is 11.5 Å². The summed E-state index contributed by atoms with van der Waals surface area (Å²) in [5.41, 5.74) is 2.86. The number of methoxy groups -OCH3 is 1. The lowest BCUT2D eigenvalue weighted by molar-refractivity contribution is -0.141. The third-order valence-electron chi connectivity index (χ3n) is 4.61. The Kier molecular flexibility index (Phi) is 6.85. The molecule has 0 aliphatic heterocycles. The number of carbonyl (C=O) groups excluding carboxylic acids is 2. The highest BCUT2D eigenvalue weighted by molar-refractivity contribution is 6.00. The van der Waals surface area contributed by atoms with Crippen LogP contribution >= 0.6 is 0 Å². The van der Waals surface area contributed by atoms with Crippen molar-refractivity contribution in [3.05, 3.63) is 76.7 Å². The zero-order chi connectivity index (χ0) is 21.5. The second-order valence-electron chi connectivity index (χ2n) is 6.70. The molecule has 0 unspecified atom stereocenters. The molecule has 3 aromatic rings. The van der Waals surface area contributed by atoms with Gasteiger partial charge in [0.2, 0.25) is 5.78 Å². The zero-order valence-electron chi connectivity index (χ0n) is 17.1. The minimum atomic E-state index is -0.484. The summed E-state index contributed by atoms with van der Waals surface area (Å²) in [5, 5.41) is 3.90. The first kappa shape index (κ1) is 21.1. The van der Waals surface area contributed by atoms with Crippen molar-refractivity contribution in [2.45, 2.75) is 26.9 Å². The number of para-hydroxylation sites is 1. The van der Waals surface area contributed by atoms with Crippen molar-refractivity contribution in [3.63, 3.8) is 0 Å². The van der Waals surface area contributed by atoms with Crippen molar-refractivity contribution in [1.29, 1.82) is 0 Å². The lowest BCUT2D eigenvalue weighted by Crippen LogP contribution is -2.16. The van der Waals surface area contributed by atoms with Crippen LogP contribution in [0.5, 0.6) is 11.5 Å². The average molecular weight is 409 g/mol. The summed E-state index contributed by atoms with van der Waals surface area (Å²) >= 11 is 0. The Hall–Kier alpha value is -3.61. The Morgan fingerprint density at radius 3 is 2.43 bits per heavy atom. The van der Waals surface area contributed by atoms with Crippen LogP contribution in [0.25, 0.3) is 0 Å². The van der Waals surface area contributed by atoms with Gasteiger partial charge in [0.25, 0.3) is 0 Å². The number of esters is 1. The van der Waals surface area contributed by atoms with Crippen LogP contribution in [0.4, 0.5) is 0 Å². The second kappa shape index (κ2) is 9.73. The van der Waals surface area contributed by atoms with Gasteiger partial charge in [-0.3, -0.25) is 9.59 Å². The maximum absolute atomic E-state index is 12.3. The first-order chi connectivity index (χ1) is 14.5. The molecule has 156 valence electrons. The molecule has 0 bridgehead atoms. The molecule has 0 fully saturated rings. The van der Waals surface area contributed by atoms with E-state index in [1.54, 1.807) is 48.5 Å². The van der Waals surface area contributed by atoms with Gasteiger partial charge >= 0.3 is 5.97 Å². The summed E-state index contributed by atoms with van der Waals surface area (Å²) in [6.07, 6.45) is 0.0589. The maximum atomic E-state index is 12.3. The molecule has 1 heterocycles. The third kappa shape index (κ3) is 5.26. The second-order valence-corrected chi connectivity index (χ2v) is 6.70. The number of aryl methyl sites for hydroxylation is 2. The van der Waals surface area contributed by atoms with E-state index in [4.69, 9.17) is 18.7 Å². The third-order valence-corrected chi connectivity index (χ3v) is 4.61. The van der Waals surface area contributed by atoms with Gasteiger partial charge in [-0.2, -0.15) is 0 Å². The maximum Gasteiger partial charge on any atom is 0.310 e. The molecule has 0 amide bonds. The van der Waals surface area contributed by atoms with Gasteiger partial charge in [0.1, 0.15) is 23.9 Å². The van der Waals surface area contributed by atoms with E-state index in [2.05, 4.69) is 5.16 Å². The van der Waals surface area contributed by atoms with Crippen LogP contribution in [-0.2, 0) is 22.6 Å². The molecule has 0 spiro atoms. The first-order valence-corrected chi connectivity index (χ1v) is 9.43. The fourth-order valence-electron chi connectivity index (χ4n) is 2.88. The van der Waals surface area contributed by atoms with Gasteiger partial charge in [0.15, 0.2) is 6.61 Å². The number of carbonyl (C=O) groups is 2. The number of ketones is 1. The molecule has 1 aromatic heterocycles. The molecule has 0 saturated heterocycles. The van der Waals surface area contributed by atoms with Crippen LogP contribution in [0.2, 0.25) is 0 Å². The number of benzene rings is 2. The zero-order valence-corrected chi connectivity index (χ0v) is 17.1. The van der Waals surface area contributed by atoms with Gasteiger partial charge < -0.3 is 18.7 Å². The SMILES string of the molecule is COc1ccccc1C(=O)COC(=O)Cc1ccc(OCc2c(C)noc2C)cc1. The van der Waals surface area contributed by atoms with Crippen LogP contribution in [0.1, 0.15) is 32.9 Å². The average Bonchev–Trinajstić information content (AvgIpc) is 3.08. The van der Waals surface area contributed by atoms with E-state index in [-0.39, 0.29) is 18.8 Å². The standard InChI is InChI=1S/C23H23NO6/c1-15-20(16(2)30-24-15)13-28-18-10-8-17(9-11-18)12-23(26)29-14-21(25)19-6-4-5-7-22(19)27-3/h4-11H,12-14H2,1-3H3. The molecular formula is C23H23NO6. The van der Waals surface area contributed by atoms with Gasteiger partial charge in [-0.1, -0.05) is 29.4 Å². The molecule has 0 N–H and O–H groups in total. The number of hydrogen-bond acceptors (Lipinski definition) is 7. The number of hydrogen-bond donors (Lipinski definition) is 0. The molecule has 0 radical (unpaired) electrons. The quantitative estimate of drug-likeness (QED) is 0.392. The molecule has 0 aliphatic carbocycles. The highest BCUT2D eigenvalue weighted by atomic mass is 16.5. The Labute approximate surface area is 174 Å². The number of rotatable bonds is 9. The van der Waals surface area contributed by atoms with E-state index < -0.39 is 5.97 Å². The van der Waals surface area contributed by atoms with E-state index in [0.29, 0.717) is 23.7 Å². The lowest BCUT2D eigenvalue weighted by Gasteiger charge is -2.09. The highest BCUT2D eigenvalue weighted by Gasteiger charge is 2.14. The van der Waals surface area contributed by atoms with Crippen LogP contribution in [0.15, 0.2) is 53.1 Å². The Morgan fingerprint density at radius 1 is 1.03 bits per heavy atom. The molecule has 7 heteroatoms. The van der Waals surface area contributed by atoms with Gasteiger partial charge in [-0.05, 0) is 43.7 Å². The highest BCUT2D eigenvalue weighted by Crippen LogP contribution is 2.19. The smallest absolute Gasteiger partial charge is 0.310 e. The molecule has 7 nitrogen and oxygen atoms in total. The Bertz CT molecular complexity index is 1000. The summed E-state index contributed by atoms with van der Waals surface area (Å²) in [5.74, 6) is 1.05. The van der Waals surface area contributed by atoms with Crippen molar-refractivity contribution >= 4 is 11.8 Å². The van der Waals surface area contributed by atoms with Crippen molar-refractivity contribution < 1.29 is 28.3 Å². The van der Waals surface area contributed by atoms with Crippen LogP contribution < -0.4 is 9.47 Å². The van der Waals surface area contributed by atoms with E-state index in [1.165, 1.54) is 7.11 Å². The number of ether oxygens (including phenoxy) is 3.